The van der Waals surface area contributed by atoms with Crippen LogP contribution in [0.3, 0.4) is 0 Å². The molecule has 0 atom stereocenters. The first-order chi connectivity index (χ1) is 9.29. The molecule has 3 nitrogen and oxygen atoms in total. The number of hydrogen-bond acceptors (Lipinski definition) is 3. The van der Waals surface area contributed by atoms with Crippen molar-refractivity contribution in [1.29, 1.82) is 0 Å². The first-order valence-electron chi connectivity index (χ1n) is 6.69. The number of furan rings is 1. The van der Waals surface area contributed by atoms with Crippen molar-refractivity contribution in [2.45, 2.75) is 32.9 Å². The van der Waals surface area contributed by atoms with Crippen LogP contribution in [0.25, 0.3) is 0 Å². The van der Waals surface area contributed by atoms with E-state index in [2.05, 4.69) is 24.3 Å². The zero-order chi connectivity index (χ0) is 13.5. The van der Waals surface area contributed by atoms with Gasteiger partial charge in [-0.15, -0.1) is 0 Å². The van der Waals surface area contributed by atoms with E-state index in [1.54, 1.807) is 0 Å². The van der Waals surface area contributed by atoms with Gasteiger partial charge in [-0.1, -0.05) is 30.3 Å². The molecule has 0 fully saturated rings. The fourth-order valence-corrected chi connectivity index (χ4v) is 2.04. The third-order valence-corrected chi connectivity index (χ3v) is 3.13. The molecule has 0 saturated heterocycles. The van der Waals surface area contributed by atoms with Gasteiger partial charge in [-0.2, -0.15) is 0 Å². The van der Waals surface area contributed by atoms with Gasteiger partial charge in [0.1, 0.15) is 11.5 Å². The second-order valence-electron chi connectivity index (χ2n) is 4.64. The van der Waals surface area contributed by atoms with Gasteiger partial charge >= 0.3 is 0 Å². The van der Waals surface area contributed by atoms with Gasteiger partial charge in [0.15, 0.2) is 0 Å². The molecule has 0 amide bonds. The summed E-state index contributed by atoms with van der Waals surface area (Å²) < 4.78 is 11.2. The van der Waals surface area contributed by atoms with Crippen LogP contribution in [0.2, 0.25) is 0 Å². The number of rotatable bonds is 7. The van der Waals surface area contributed by atoms with E-state index in [4.69, 9.17) is 14.9 Å². The van der Waals surface area contributed by atoms with Crippen molar-refractivity contribution in [2.75, 3.05) is 6.61 Å². The third kappa shape index (κ3) is 4.23. The first kappa shape index (κ1) is 13.8. The molecule has 0 bridgehead atoms. The van der Waals surface area contributed by atoms with Gasteiger partial charge in [-0.3, -0.25) is 0 Å². The lowest BCUT2D eigenvalue weighted by Gasteiger charge is -2.03. The molecule has 19 heavy (non-hydrogen) atoms. The molecule has 0 aliphatic carbocycles. The molecule has 0 unspecified atom stereocenters. The molecule has 1 heterocycles. The summed E-state index contributed by atoms with van der Waals surface area (Å²) in [6.45, 7) is 3.75. The fraction of sp³-hybridized carbons (Fsp3) is 0.375. The van der Waals surface area contributed by atoms with Crippen molar-refractivity contribution in [3.05, 3.63) is 59.0 Å². The summed E-state index contributed by atoms with van der Waals surface area (Å²) in [5, 5.41) is 0. The Morgan fingerprint density at radius 3 is 2.68 bits per heavy atom. The molecule has 2 rings (SSSR count). The number of aryl methyl sites for hydroxylation is 2. The standard InChI is InChI=1S/C16H21NO2/c1-13-15(10-16(11-17)19-13)12-18-9-5-8-14-6-3-2-4-7-14/h2-4,6-7,10H,5,8-9,11-12,17H2,1H3. The fourth-order valence-electron chi connectivity index (χ4n) is 2.04. The number of benzene rings is 1. The topological polar surface area (TPSA) is 48.4 Å². The Bertz CT molecular complexity index is 491. The summed E-state index contributed by atoms with van der Waals surface area (Å²) in [7, 11) is 0. The largest absolute Gasteiger partial charge is 0.465 e. The van der Waals surface area contributed by atoms with E-state index >= 15 is 0 Å². The van der Waals surface area contributed by atoms with Gasteiger partial charge in [0, 0.05) is 12.2 Å². The van der Waals surface area contributed by atoms with Crippen molar-refractivity contribution in [3.8, 4) is 0 Å². The Morgan fingerprint density at radius 1 is 1.21 bits per heavy atom. The van der Waals surface area contributed by atoms with E-state index in [1.165, 1.54) is 5.56 Å². The van der Waals surface area contributed by atoms with Gasteiger partial charge in [0.05, 0.1) is 13.2 Å². The molecule has 0 radical (unpaired) electrons. The SMILES string of the molecule is Cc1oc(CN)cc1COCCCc1ccccc1. The molecule has 0 aliphatic rings. The monoisotopic (exact) mass is 259 g/mol. The maximum Gasteiger partial charge on any atom is 0.118 e. The molecule has 1 aromatic carbocycles. The van der Waals surface area contributed by atoms with E-state index in [0.29, 0.717) is 13.2 Å². The van der Waals surface area contributed by atoms with Gasteiger partial charge in [0.25, 0.3) is 0 Å². The summed E-state index contributed by atoms with van der Waals surface area (Å²) >= 11 is 0. The molecule has 2 N–H and O–H groups in total. The lowest BCUT2D eigenvalue weighted by molar-refractivity contribution is 0.118. The van der Waals surface area contributed by atoms with Crippen molar-refractivity contribution >= 4 is 0 Å². The van der Waals surface area contributed by atoms with Crippen LogP contribution in [0.15, 0.2) is 40.8 Å². The predicted molar refractivity (Wildman–Crippen MR) is 75.8 cm³/mol. The molecular formula is C16H21NO2. The molecule has 1 aromatic heterocycles. The van der Waals surface area contributed by atoms with Crippen LogP contribution in [0.4, 0.5) is 0 Å². The highest BCUT2D eigenvalue weighted by Gasteiger charge is 2.05. The number of ether oxygens (including phenoxy) is 1. The zero-order valence-corrected chi connectivity index (χ0v) is 11.4. The average Bonchev–Trinajstić information content (AvgIpc) is 2.80. The Labute approximate surface area is 114 Å². The maximum atomic E-state index is 5.68. The molecule has 0 spiro atoms. The minimum Gasteiger partial charge on any atom is -0.465 e. The third-order valence-electron chi connectivity index (χ3n) is 3.13. The first-order valence-corrected chi connectivity index (χ1v) is 6.69. The van der Waals surface area contributed by atoms with E-state index in [-0.39, 0.29) is 0 Å². The van der Waals surface area contributed by atoms with Crippen LogP contribution < -0.4 is 5.73 Å². The lowest BCUT2D eigenvalue weighted by Crippen LogP contribution is -1.98. The summed E-state index contributed by atoms with van der Waals surface area (Å²) in [4.78, 5) is 0. The molecule has 3 heteroatoms. The van der Waals surface area contributed by atoms with Crippen LogP contribution >= 0.6 is 0 Å². The summed E-state index contributed by atoms with van der Waals surface area (Å²) in [6, 6.07) is 12.4. The van der Waals surface area contributed by atoms with E-state index in [9.17, 15) is 0 Å². The summed E-state index contributed by atoms with van der Waals surface area (Å²) in [5.74, 6) is 1.73. The molecule has 0 aliphatic heterocycles. The highest BCUT2D eigenvalue weighted by atomic mass is 16.5. The van der Waals surface area contributed by atoms with Gasteiger partial charge in [0.2, 0.25) is 0 Å². The van der Waals surface area contributed by atoms with Crippen LogP contribution in [0, 0.1) is 6.92 Å². The summed E-state index contributed by atoms with van der Waals surface area (Å²) in [6.07, 6.45) is 2.09. The lowest BCUT2D eigenvalue weighted by atomic mass is 10.1. The second kappa shape index (κ2) is 7.12. The quantitative estimate of drug-likeness (QED) is 0.777. The molecule has 102 valence electrons. The highest BCUT2D eigenvalue weighted by molar-refractivity contribution is 5.19. The Morgan fingerprint density at radius 2 is 2.00 bits per heavy atom. The maximum absolute atomic E-state index is 5.68. The smallest absolute Gasteiger partial charge is 0.118 e. The van der Waals surface area contributed by atoms with E-state index < -0.39 is 0 Å². The molecule has 0 saturated carbocycles. The minimum atomic E-state index is 0.439. The van der Waals surface area contributed by atoms with Crippen molar-refractivity contribution in [3.63, 3.8) is 0 Å². The number of nitrogens with two attached hydrogens (primary N) is 1. The minimum absolute atomic E-state index is 0.439. The van der Waals surface area contributed by atoms with E-state index in [1.807, 2.05) is 19.1 Å². The average molecular weight is 259 g/mol. The zero-order valence-electron chi connectivity index (χ0n) is 11.4. The van der Waals surface area contributed by atoms with Gasteiger partial charge < -0.3 is 14.9 Å². The van der Waals surface area contributed by atoms with Gasteiger partial charge in [-0.05, 0) is 31.4 Å². The normalized spacial score (nSPS) is 10.8. The van der Waals surface area contributed by atoms with Crippen LogP contribution in [0.1, 0.15) is 29.1 Å². The summed E-state index contributed by atoms with van der Waals surface area (Å²) in [5.41, 5.74) is 7.99. The van der Waals surface area contributed by atoms with Crippen LogP contribution in [0.5, 0.6) is 0 Å². The van der Waals surface area contributed by atoms with Crippen molar-refractivity contribution < 1.29 is 9.15 Å². The Hall–Kier alpha value is -1.58. The van der Waals surface area contributed by atoms with Gasteiger partial charge in [-0.25, -0.2) is 0 Å². The van der Waals surface area contributed by atoms with Crippen LogP contribution in [-0.2, 0) is 24.3 Å². The van der Waals surface area contributed by atoms with Crippen LogP contribution in [-0.4, -0.2) is 6.61 Å². The Kier molecular flexibility index (Phi) is 5.19. The Balaban J connectivity index is 1.68. The number of hydrogen-bond donors (Lipinski definition) is 1. The second-order valence-corrected chi connectivity index (χ2v) is 4.64. The van der Waals surface area contributed by atoms with Crippen molar-refractivity contribution in [2.24, 2.45) is 5.73 Å². The van der Waals surface area contributed by atoms with E-state index in [0.717, 1.165) is 36.5 Å². The molecular weight excluding hydrogens is 238 g/mol. The highest BCUT2D eigenvalue weighted by Crippen LogP contribution is 2.15. The van der Waals surface area contributed by atoms with Crippen molar-refractivity contribution in [1.82, 2.24) is 0 Å². The predicted octanol–water partition coefficient (Wildman–Crippen LogP) is 3.20. The molecule has 2 aromatic rings.